The number of anilines is 1. The van der Waals surface area contributed by atoms with E-state index in [0.717, 1.165) is 0 Å². The van der Waals surface area contributed by atoms with Gasteiger partial charge in [-0.2, -0.15) is 0 Å². The molecule has 0 unspecified atom stereocenters. The van der Waals surface area contributed by atoms with Crippen LogP contribution in [0.2, 0.25) is 5.15 Å². The van der Waals surface area contributed by atoms with Gasteiger partial charge in [0.2, 0.25) is 0 Å². The third kappa shape index (κ3) is 4.24. The number of rotatable bonds is 5. The number of nitrogens with zero attached hydrogens (tertiary/aromatic N) is 2. The highest BCUT2D eigenvalue weighted by Crippen LogP contribution is 2.25. The molecule has 9 heteroatoms. The van der Waals surface area contributed by atoms with Gasteiger partial charge in [0.1, 0.15) is 5.15 Å². The van der Waals surface area contributed by atoms with E-state index in [1.54, 1.807) is 24.3 Å². The first-order valence-electron chi connectivity index (χ1n) is 8.12. The molecule has 0 saturated heterocycles. The Morgan fingerprint density at radius 3 is 2.75 bits per heavy atom. The van der Waals surface area contributed by atoms with E-state index in [-0.39, 0.29) is 16.9 Å². The molecule has 28 heavy (non-hydrogen) atoms. The number of halogens is 1. The largest absolute Gasteiger partial charge is 0.452 e. The number of esters is 1. The van der Waals surface area contributed by atoms with E-state index in [1.165, 1.54) is 31.2 Å². The molecule has 1 amide bonds. The number of fused-ring (bicyclic) bond motifs is 1. The summed E-state index contributed by atoms with van der Waals surface area (Å²) in [5.41, 5.74) is 1.37. The quantitative estimate of drug-likeness (QED) is 0.301. The fourth-order valence-corrected chi connectivity index (χ4v) is 2.74. The van der Waals surface area contributed by atoms with Crippen molar-refractivity contribution in [3.8, 4) is 0 Å². The highest BCUT2D eigenvalue weighted by molar-refractivity contribution is 6.29. The minimum atomic E-state index is -0.678. The summed E-state index contributed by atoms with van der Waals surface area (Å²) in [6.07, 6.45) is 0. The Labute approximate surface area is 164 Å². The number of aromatic nitrogens is 1. The standard InChI is InChI=1S/C19H14ClN3O5/c1-11-14(3-2-4-16(11)23(26)27)22-18(24)10-28-19(25)13-5-7-15-12(9-13)6-8-17(20)21-15/h2-9H,10H2,1H3,(H,22,24). The van der Waals surface area contributed by atoms with Crippen LogP contribution in [-0.4, -0.2) is 28.4 Å². The zero-order valence-corrected chi connectivity index (χ0v) is 15.4. The van der Waals surface area contributed by atoms with Gasteiger partial charge in [-0.25, -0.2) is 9.78 Å². The predicted octanol–water partition coefficient (Wildman–Crippen LogP) is 3.90. The van der Waals surface area contributed by atoms with Gasteiger partial charge in [0.05, 0.1) is 27.3 Å². The molecule has 0 aliphatic rings. The van der Waals surface area contributed by atoms with Crippen LogP contribution in [0, 0.1) is 17.0 Å². The summed E-state index contributed by atoms with van der Waals surface area (Å²) in [5.74, 6) is -1.28. The molecule has 0 atom stereocenters. The number of carbonyl (C=O) groups excluding carboxylic acids is 2. The summed E-state index contributed by atoms with van der Waals surface area (Å²) in [6, 6.07) is 12.4. The van der Waals surface area contributed by atoms with E-state index >= 15 is 0 Å². The summed E-state index contributed by atoms with van der Waals surface area (Å²) < 4.78 is 5.02. The van der Waals surface area contributed by atoms with Crippen LogP contribution in [0.15, 0.2) is 48.5 Å². The molecule has 1 aromatic heterocycles. The minimum Gasteiger partial charge on any atom is -0.452 e. The van der Waals surface area contributed by atoms with Crippen LogP contribution in [0.25, 0.3) is 10.9 Å². The van der Waals surface area contributed by atoms with E-state index in [1.807, 2.05) is 0 Å². The van der Waals surface area contributed by atoms with Crippen LogP contribution in [0.4, 0.5) is 11.4 Å². The molecule has 0 aliphatic carbocycles. The summed E-state index contributed by atoms with van der Waals surface area (Å²) in [5, 5.41) is 14.5. The van der Waals surface area contributed by atoms with Crippen LogP contribution in [0.1, 0.15) is 15.9 Å². The lowest BCUT2D eigenvalue weighted by atomic mass is 10.1. The highest BCUT2D eigenvalue weighted by Gasteiger charge is 2.16. The van der Waals surface area contributed by atoms with Gasteiger partial charge in [-0.15, -0.1) is 0 Å². The molecule has 0 aliphatic heterocycles. The molecule has 0 saturated carbocycles. The van der Waals surface area contributed by atoms with Gasteiger partial charge in [0.15, 0.2) is 6.61 Å². The Hall–Kier alpha value is -3.52. The highest BCUT2D eigenvalue weighted by atomic mass is 35.5. The maximum atomic E-state index is 12.2. The molecule has 1 heterocycles. The van der Waals surface area contributed by atoms with Gasteiger partial charge in [-0.3, -0.25) is 14.9 Å². The Morgan fingerprint density at radius 2 is 2.00 bits per heavy atom. The Kier molecular flexibility index (Phi) is 5.51. The van der Waals surface area contributed by atoms with Crippen molar-refractivity contribution < 1.29 is 19.2 Å². The second-order valence-corrected chi connectivity index (χ2v) is 6.26. The molecular formula is C19H14ClN3O5. The topological polar surface area (TPSA) is 111 Å². The number of carbonyl (C=O) groups is 2. The van der Waals surface area contributed by atoms with Gasteiger partial charge in [-0.05, 0) is 43.3 Å². The Morgan fingerprint density at radius 1 is 1.21 bits per heavy atom. The van der Waals surface area contributed by atoms with Gasteiger partial charge >= 0.3 is 5.97 Å². The molecule has 0 radical (unpaired) electrons. The second-order valence-electron chi connectivity index (χ2n) is 5.87. The van der Waals surface area contributed by atoms with E-state index in [0.29, 0.717) is 21.6 Å². The van der Waals surface area contributed by atoms with Crippen LogP contribution in [0.5, 0.6) is 0 Å². The molecule has 142 valence electrons. The van der Waals surface area contributed by atoms with Crippen molar-refractivity contribution in [1.29, 1.82) is 0 Å². The van der Waals surface area contributed by atoms with Crippen molar-refractivity contribution in [2.45, 2.75) is 6.92 Å². The maximum Gasteiger partial charge on any atom is 0.338 e. The number of nitro groups is 1. The molecule has 2 aromatic carbocycles. The van der Waals surface area contributed by atoms with Crippen molar-refractivity contribution in [1.82, 2.24) is 4.98 Å². The number of hydrogen-bond donors (Lipinski definition) is 1. The molecule has 3 aromatic rings. The zero-order chi connectivity index (χ0) is 20.3. The predicted molar refractivity (Wildman–Crippen MR) is 103 cm³/mol. The van der Waals surface area contributed by atoms with Crippen LogP contribution in [0.3, 0.4) is 0 Å². The van der Waals surface area contributed by atoms with Crippen LogP contribution < -0.4 is 5.32 Å². The number of benzene rings is 2. The smallest absolute Gasteiger partial charge is 0.338 e. The second kappa shape index (κ2) is 8.01. The number of amides is 1. The summed E-state index contributed by atoms with van der Waals surface area (Å²) >= 11 is 5.83. The fraction of sp³-hybridized carbons (Fsp3) is 0.105. The zero-order valence-electron chi connectivity index (χ0n) is 14.6. The molecular weight excluding hydrogens is 386 g/mol. The van der Waals surface area contributed by atoms with Gasteiger partial charge in [0.25, 0.3) is 11.6 Å². The minimum absolute atomic E-state index is 0.111. The lowest BCUT2D eigenvalue weighted by Gasteiger charge is -2.09. The van der Waals surface area contributed by atoms with E-state index in [4.69, 9.17) is 16.3 Å². The van der Waals surface area contributed by atoms with Crippen LogP contribution in [-0.2, 0) is 9.53 Å². The first kappa shape index (κ1) is 19.2. The number of ether oxygens (including phenoxy) is 1. The average molecular weight is 400 g/mol. The van der Waals surface area contributed by atoms with Gasteiger partial charge < -0.3 is 10.1 Å². The average Bonchev–Trinajstić information content (AvgIpc) is 2.67. The molecule has 0 bridgehead atoms. The molecule has 8 nitrogen and oxygen atoms in total. The third-order valence-corrected chi connectivity index (χ3v) is 4.21. The van der Waals surface area contributed by atoms with Crippen molar-refractivity contribution in [2.75, 3.05) is 11.9 Å². The lowest BCUT2D eigenvalue weighted by molar-refractivity contribution is -0.385. The van der Waals surface area contributed by atoms with Gasteiger partial charge in [-0.1, -0.05) is 17.7 Å². The first-order valence-corrected chi connectivity index (χ1v) is 8.50. The van der Waals surface area contributed by atoms with Crippen molar-refractivity contribution >= 4 is 45.8 Å². The number of nitrogens with one attached hydrogen (secondary N) is 1. The monoisotopic (exact) mass is 399 g/mol. The Bertz CT molecular complexity index is 1100. The van der Waals surface area contributed by atoms with E-state index in [9.17, 15) is 19.7 Å². The van der Waals surface area contributed by atoms with E-state index in [2.05, 4.69) is 10.3 Å². The molecule has 0 fully saturated rings. The van der Waals surface area contributed by atoms with Crippen molar-refractivity contribution in [3.63, 3.8) is 0 Å². The molecule has 1 N–H and O–H groups in total. The SMILES string of the molecule is Cc1c(NC(=O)COC(=O)c2ccc3nc(Cl)ccc3c2)cccc1[N+](=O)[O-]. The third-order valence-electron chi connectivity index (χ3n) is 4.00. The fourth-order valence-electron chi connectivity index (χ4n) is 2.59. The summed E-state index contributed by atoms with van der Waals surface area (Å²) in [6.45, 7) is 0.993. The van der Waals surface area contributed by atoms with Gasteiger partial charge in [0, 0.05) is 11.5 Å². The number of nitro benzene ring substituents is 1. The molecule has 3 rings (SSSR count). The van der Waals surface area contributed by atoms with E-state index < -0.39 is 23.4 Å². The van der Waals surface area contributed by atoms with Crippen molar-refractivity contribution in [3.05, 3.63) is 74.9 Å². The maximum absolute atomic E-state index is 12.2. The van der Waals surface area contributed by atoms with Crippen molar-refractivity contribution in [2.24, 2.45) is 0 Å². The molecule has 0 spiro atoms. The summed E-state index contributed by atoms with van der Waals surface area (Å²) in [7, 11) is 0. The summed E-state index contributed by atoms with van der Waals surface area (Å²) in [4.78, 5) is 38.8. The Balaban J connectivity index is 1.65. The number of hydrogen-bond acceptors (Lipinski definition) is 6. The first-order chi connectivity index (χ1) is 13.3. The lowest BCUT2D eigenvalue weighted by Crippen LogP contribution is -2.21. The normalized spacial score (nSPS) is 10.5. The van der Waals surface area contributed by atoms with Crippen LogP contribution >= 0.6 is 11.6 Å². The number of pyridine rings is 1.